The fourth-order valence-corrected chi connectivity index (χ4v) is 4.08. The van der Waals surface area contributed by atoms with Crippen molar-refractivity contribution >= 4 is 11.3 Å². The highest BCUT2D eigenvalue weighted by Gasteiger charge is 2.29. The number of imidazole rings is 1. The van der Waals surface area contributed by atoms with Gasteiger partial charge in [0.1, 0.15) is 11.9 Å². The van der Waals surface area contributed by atoms with E-state index in [1.54, 1.807) is 17.5 Å². The minimum absolute atomic E-state index is 0.244. The molecule has 0 aromatic carbocycles. The lowest BCUT2D eigenvalue weighted by atomic mass is 9.92. The van der Waals surface area contributed by atoms with Crippen LogP contribution in [0.4, 0.5) is 0 Å². The third kappa shape index (κ3) is 3.82. The maximum atomic E-state index is 10.7. The summed E-state index contributed by atoms with van der Waals surface area (Å²) in [7, 11) is 1.94. The number of piperidine rings is 1. The molecule has 23 heavy (non-hydrogen) atoms. The Balaban J connectivity index is 1.62. The van der Waals surface area contributed by atoms with Crippen molar-refractivity contribution in [3.63, 3.8) is 0 Å². The lowest BCUT2D eigenvalue weighted by molar-refractivity contribution is 0.0401. The number of aliphatic hydroxyl groups is 1. The Kier molecular flexibility index (Phi) is 5.14. The summed E-state index contributed by atoms with van der Waals surface area (Å²) in [4.78, 5) is 11.5. The lowest BCUT2D eigenvalue weighted by Crippen LogP contribution is -2.38. The molecule has 0 saturated carbocycles. The summed E-state index contributed by atoms with van der Waals surface area (Å²) < 4.78 is 1.92. The van der Waals surface area contributed by atoms with Crippen LogP contribution in [0, 0.1) is 5.92 Å². The first-order chi connectivity index (χ1) is 11.0. The van der Waals surface area contributed by atoms with Crippen LogP contribution in [-0.4, -0.2) is 37.6 Å². The highest BCUT2D eigenvalue weighted by molar-refractivity contribution is 7.09. The number of aromatic nitrogens is 3. The van der Waals surface area contributed by atoms with Crippen LogP contribution >= 0.6 is 11.3 Å². The van der Waals surface area contributed by atoms with Crippen molar-refractivity contribution in [2.75, 3.05) is 13.1 Å². The minimum atomic E-state index is -0.487. The van der Waals surface area contributed by atoms with Crippen LogP contribution in [0.2, 0.25) is 0 Å². The zero-order valence-electron chi connectivity index (χ0n) is 14.1. The maximum Gasteiger partial charge on any atom is 0.137 e. The molecule has 0 bridgehead atoms. The second kappa shape index (κ2) is 7.11. The van der Waals surface area contributed by atoms with Gasteiger partial charge in [-0.2, -0.15) is 0 Å². The van der Waals surface area contributed by atoms with Gasteiger partial charge in [-0.15, -0.1) is 11.3 Å². The fraction of sp³-hybridized carbons (Fsp3) is 0.647. The molecule has 126 valence electrons. The Morgan fingerprint density at radius 3 is 2.91 bits per heavy atom. The molecule has 2 unspecified atom stereocenters. The smallest absolute Gasteiger partial charge is 0.137 e. The van der Waals surface area contributed by atoms with E-state index < -0.39 is 6.10 Å². The number of aryl methyl sites for hydroxylation is 1. The molecule has 1 aliphatic heterocycles. The van der Waals surface area contributed by atoms with E-state index in [0.717, 1.165) is 44.0 Å². The molecule has 6 heteroatoms. The van der Waals surface area contributed by atoms with Crippen molar-refractivity contribution in [3.8, 4) is 0 Å². The van der Waals surface area contributed by atoms with Gasteiger partial charge in [0.25, 0.3) is 0 Å². The molecule has 5 nitrogen and oxygen atoms in total. The average Bonchev–Trinajstić information content (AvgIpc) is 3.16. The van der Waals surface area contributed by atoms with E-state index >= 15 is 0 Å². The van der Waals surface area contributed by atoms with E-state index in [9.17, 15) is 5.11 Å². The molecule has 2 aromatic rings. The molecular formula is C17H26N4OS. The van der Waals surface area contributed by atoms with Gasteiger partial charge < -0.3 is 9.67 Å². The van der Waals surface area contributed by atoms with E-state index in [1.165, 1.54) is 5.01 Å². The fourth-order valence-electron chi connectivity index (χ4n) is 3.26. The van der Waals surface area contributed by atoms with Gasteiger partial charge >= 0.3 is 0 Å². The van der Waals surface area contributed by atoms with Crippen molar-refractivity contribution < 1.29 is 5.11 Å². The van der Waals surface area contributed by atoms with Crippen LogP contribution in [0.15, 0.2) is 17.8 Å². The molecule has 1 saturated heterocycles. The number of nitrogens with zero attached hydrogens (tertiary/aromatic N) is 4. The van der Waals surface area contributed by atoms with Crippen molar-refractivity contribution in [1.82, 2.24) is 19.4 Å². The second-order valence-corrected chi connectivity index (χ2v) is 7.70. The first-order valence-electron chi connectivity index (χ1n) is 8.36. The van der Waals surface area contributed by atoms with E-state index in [4.69, 9.17) is 4.98 Å². The summed E-state index contributed by atoms with van der Waals surface area (Å²) >= 11 is 1.75. The minimum Gasteiger partial charge on any atom is -0.385 e. The Bertz CT molecular complexity index is 636. The van der Waals surface area contributed by atoms with Crippen LogP contribution in [-0.2, 0) is 13.6 Å². The first kappa shape index (κ1) is 16.6. The van der Waals surface area contributed by atoms with Gasteiger partial charge in [0.15, 0.2) is 0 Å². The van der Waals surface area contributed by atoms with E-state index in [1.807, 2.05) is 17.8 Å². The summed E-state index contributed by atoms with van der Waals surface area (Å²) in [6.45, 7) is 7.24. The zero-order chi connectivity index (χ0) is 16.4. The molecule has 0 amide bonds. The predicted molar refractivity (Wildman–Crippen MR) is 92.4 cm³/mol. The number of hydrogen-bond donors (Lipinski definition) is 1. The van der Waals surface area contributed by atoms with Crippen LogP contribution in [0.25, 0.3) is 0 Å². The molecule has 1 N–H and O–H groups in total. The SMILES string of the molecule is CC(C)c1nc(CN2CCCC(C(O)c3nccn3C)C2)cs1. The number of hydrogen-bond acceptors (Lipinski definition) is 5. The summed E-state index contributed by atoms with van der Waals surface area (Å²) in [5.41, 5.74) is 1.16. The Hall–Kier alpha value is -1.24. The van der Waals surface area contributed by atoms with Crippen molar-refractivity contribution in [1.29, 1.82) is 0 Å². The lowest BCUT2D eigenvalue weighted by Gasteiger charge is -2.34. The van der Waals surface area contributed by atoms with Gasteiger partial charge in [0.05, 0.1) is 10.7 Å². The molecule has 3 heterocycles. The Labute approximate surface area is 142 Å². The Morgan fingerprint density at radius 2 is 2.26 bits per heavy atom. The quantitative estimate of drug-likeness (QED) is 0.913. The van der Waals surface area contributed by atoms with Crippen LogP contribution in [0.1, 0.15) is 55.2 Å². The van der Waals surface area contributed by atoms with E-state index in [2.05, 4.69) is 29.1 Å². The standard InChI is InChI=1S/C17H26N4OS/c1-12(2)17-19-14(11-23-17)10-21-7-4-5-13(9-21)15(22)16-18-6-8-20(16)3/h6,8,11-13,15,22H,4-5,7,9-10H2,1-3H3. The summed E-state index contributed by atoms with van der Waals surface area (Å²) in [6.07, 6.45) is 5.33. The van der Waals surface area contributed by atoms with Crippen LogP contribution in [0.5, 0.6) is 0 Å². The number of aliphatic hydroxyl groups excluding tert-OH is 1. The normalized spacial score (nSPS) is 21.0. The monoisotopic (exact) mass is 334 g/mol. The second-order valence-electron chi connectivity index (χ2n) is 6.81. The molecular weight excluding hydrogens is 308 g/mol. The molecule has 2 aromatic heterocycles. The highest BCUT2D eigenvalue weighted by atomic mass is 32.1. The summed E-state index contributed by atoms with van der Waals surface area (Å²) in [6, 6.07) is 0. The molecule has 0 aliphatic carbocycles. The van der Waals surface area contributed by atoms with Crippen molar-refractivity contribution in [3.05, 3.63) is 34.3 Å². The summed E-state index contributed by atoms with van der Waals surface area (Å²) in [5, 5.41) is 14.0. The molecule has 0 radical (unpaired) electrons. The third-order valence-electron chi connectivity index (χ3n) is 4.56. The first-order valence-corrected chi connectivity index (χ1v) is 9.24. The zero-order valence-corrected chi connectivity index (χ0v) is 15.0. The average molecular weight is 334 g/mol. The predicted octanol–water partition coefficient (Wildman–Crippen LogP) is 2.95. The van der Waals surface area contributed by atoms with Crippen LogP contribution < -0.4 is 0 Å². The van der Waals surface area contributed by atoms with Gasteiger partial charge in [0.2, 0.25) is 0 Å². The number of thiazole rings is 1. The van der Waals surface area contributed by atoms with Gasteiger partial charge in [-0.1, -0.05) is 13.8 Å². The van der Waals surface area contributed by atoms with Gasteiger partial charge in [-0.05, 0) is 19.4 Å². The molecule has 0 spiro atoms. The molecule has 1 fully saturated rings. The number of rotatable bonds is 5. The van der Waals surface area contributed by atoms with E-state index in [0.29, 0.717) is 5.92 Å². The molecule has 2 atom stereocenters. The topological polar surface area (TPSA) is 54.2 Å². The molecule has 1 aliphatic rings. The number of likely N-dealkylation sites (tertiary alicyclic amines) is 1. The highest BCUT2D eigenvalue weighted by Crippen LogP contribution is 2.29. The largest absolute Gasteiger partial charge is 0.385 e. The van der Waals surface area contributed by atoms with Crippen LogP contribution in [0.3, 0.4) is 0 Å². The summed E-state index contributed by atoms with van der Waals surface area (Å²) in [5.74, 6) is 1.51. The Morgan fingerprint density at radius 1 is 1.43 bits per heavy atom. The molecule has 3 rings (SSSR count). The van der Waals surface area contributed by atoms with E-state index in [-0.39, 0.29) is 5.92 Å². The third-order valence-corrected chi connectivity index (χ3v) is 5.75. The maximum absolute atomic E-state index is 10.7. The van der Waals surface area contributed by atoms with Crippen molar-refractivity contribution in [2.45, 2.75) is 45.3 Å². The van der Waals surface area contributed by atoms with Gasteiger partial charge in [-0.3, -0.25) is 4.90 Å². The van der Waals surface area contributed by atoms with Gasteiger partial charge in [-0.25, -0.2) is 9.97 Å². The van der Waals surface area contributed by atoms with Gasteiger partial charge in [0, 0.05) is 49.7 Å². The van der Waals surface area contributed by atoms with Crippen molar-refractivity contribution in [2.24, 2.45) is 13.0 Å².